The Labute approximate surface area is 242 Å². The van der Waals surface area contributed by atoms with Gasteiger partial charge in [0.25, 0.3) is 0 Å². The Kier molecular flexibility index (Phi) is 11.8. The Hall–Kier alpha value is -4.52. The number of rotatable bonds is 8. The third-order valence-corrected chi connectivity index (χ3v) is 5.62. The number of nitrogens with zero attached hydrogens (tertiary/aromatic N) is 2. The highest BCUT2D eigenvalue weighted by Crippen LogP contribution is 2.26. The van der Waals surface area contributed by atoms with Gasteiger partial charge < -0.3 is 25.8 Å². The van der Waals surface area contributed by atoms with Crippen molar-refractivity contribution in [3.63, 3.8) is 0 Å². The van der Waals surface area contributed by atoms with E-state index in [2.05, 4.69) is 27.5 Å². The monoisotopic (exact) mass is 563 g/mol. The number of carbonyl (C=O) groups is 3. The number of amidine groups is 1. The SMILES string of the molecule is CCOC(=O)CNC(=O)N(c1cc(C)c(C#CCNc2ccc(/C(N)=N\C(=O)OC(C)(C)C)cc2)cc1C)C(C)C. The van der Waals surface area contributed by atoms with Gasteiger partial charge in [-0.15, -0.1) is 0 Å². The van der Waals surface area contributed by atoms with Crippen LogP contribution in [0.1, 0.15) is 63.8 Å². The Balaban J connectivity index is 2.06. The highest BCUT2D eigenvalue weighted by Gasteiger charge is 2.22. The summed E-state index contributed by atoms with van der Waals surface area (Å²) in [6.07, 6.45) is -0.736. The molecule has 0 aromatic heterocycles. The van der Waals surface area contributed by atoms with Crippen molar-refractivity contribution in [3.8, 4) is 11.8 Å². The summed E-state index contributed by atoms with van der Waals surface area (Å²) in [6.45, 7) is 15.1. The van der Waals surface area contributed by atoms with Crippen molar-refractivity contribution in [2.24, 2.45) is 10.7 Å². The molecule has 0 aliphatic heterocycles. The lowest BCUT2D eigenvalue weighted by Gasteiger charge is -2.29. The fourth-order valence-corrected chi connectivity index (χ4v) is 3.75. The van der Waals surface area contributed by atoms with Crippen LogP contribution in [0.4, 0.5) is 21.0 Å². The predicted octanol–water partition coefficient (Wildman–Crippen LogP) is 4.89. The van der Waals surface area contributed by atoms with Gasteiger partial charge in [-0.05, 0) is 103 Å². The second kappa shape index (κ2) is 14.7. The van der Waals surface area contributed by atoms with Crippen molar-refractivity contribution < 1.29 is 23.9 Å². The molecule has 220 valence electrons. The molecule has 0 saturated carbocycles. The van der Waals surface area contributed by atoms with Gasteiger partial charge >= 0.3 is 18.1 Å². The number of esters is 1. The summed E-state index contributed by atoms with van der Waals surface area (Å²) in [5, 5.41) is 5.87. The van der Waals surface area contributed by atoms with Gasteiger partial charge in [-0.3, -0.25) is 9.69 Å². The van der Waals surface area contributed by atoms with Crippen LogP contribution in [0.25, 0.3) is 0 Å². The van der Waals surface area contributed by atoms with Crippen LogP contribution in [0.2, 0.25) is 0 Å². The molecule has 0 atom stereocenters. The highest BCUT2D eigenvalue weighted by atomic mass is 16.6. The van der Waals surface area contributed by atoms with Crippen LogP contribution in [-0.2, 0) is 14.3 Å². The number of hydrogen-bond donors (Lipinski definition) is 3. The van der Waals surface area contributed by atoms with Crippen LogP contribution in [0.5, 0.6) is 0 Å². The van der Waals surface area contributed by atoms with Gasteiger partial charge in [0.1, 0.15) is 18.0 Å². The van der Waals surface area contributed by atoms with E-state index in [4.69, 9.17) is 15.2 Å². The molecular formula is C31H41N5O5. The third kappa shape index (κ3) is 10.5. The van der Waals surface area contributed by atoms with Gasteiger partial charge in [0, 0.05) is 28.5 Å². The average molecular weight is 564 g/mol. The lowest BCUT2D eigenvalue weighted by Crippen LogP contribution is -2.46. The summed E-state index contributed by atoms with van der Waals surface area (Å²) in [4.78, 5) is 41.8. The molecule has 0 fully saturated rings. The van der Waals surface area contributed by atoms with Crippen LogP contribution in [0.3, 0.4) is 0 Å². The van der Waals surface area contributed by atoms with E-state index >= 15 is 0 Å². The second-order valence-electron chi connectivity index (χ2n) is 10.6. The van der Waals surface area contributed by atoms with Crippen molar-refractivity contribution in [2.75, 3.05) is 29.9 Å². The molecule has 0 radical (unpaired) electrons. The number of aryl methyl sites for hydroxylation is 2. The molecule has 0 aliphatic carbocycles. The van der Waals surface area contributed by atoms with Gasteiger partial charge in [-0.25, -0.2) is 9.59 Å². The molecule has 0 unspecified atom stereocenters. The van der Waals surface area contributed by atoms with E-state index in [1.165, 1.54) is 0 Å². The molecule has 10 heteroatoms. The first-order chi connectivity index (χ1) is 19.2. The average Bonchev–Trinajstić information content (AvgIpc) is 2.87. The maximum absolute atomic E-state index is 12.9. The molecule has 0 spiro atoms. The first kappa shape index (κ1) is 32.7. The Morgan fingerprint density at radius 1 is 1.07 bits per heavy atom. The molecule has 0 heterocycles. The fraction of sp³-hybridized carbons (Fsp3) is 0.419. The molecule has 2 rings (SSSR count). The number of nitrogens with one attached hydrogen (secondary N) is 2. The number of ether oxygens (including phenoxy) is 2. The van der Waals surface area contributed by atoms with Gasteiger partial charge in [-0.2, -0.15) is 4.99 Å². The largest absolute Gasteiger partial charge is 0.465 e. The van der Waals surface area contributed by atoms with E-state index in [-0.39, 0.29) is 31.1 Å². The molecule has 0 bridgehead atoms. The van der Waals surface area contributed by atoms with E-state index in [9.17, 15) is 14.4 Å². The van der Waals surface area contributed by atoms with Crippen molar-refractivity contribution in [1.29, 1.82) is 0 Å². The predicted molar refractivity (Wildman–Crippen MR) is 162 cm³/mol. The number of urea groups is 1. The van der Waals surface area contributed by atoms with Gasteiger partial charge in [-0.1, -0.05) is 11.8 Å². The molecule has 41 heavy (non-hydrogen) atoms. The number of anilines is 2. The summed E-state index contributed by atoms with van der Waals surface area (Å²) in [7, 11) is 0. The van der Waals surface area contributed by atoms with Gasteiger partial charge in [0.2, 0.25) is 0 Å². The number of carbonyl (C=O) groups excluding carboxylic acids is 3. The Morgan fingerprint density at radius 2 is 1.73 bits per heavy atom. The second-order valence-corrected chi connectivity index (χ2v) is 10.6. The normalized spacial score (nSPS) is 11.3. The first-order valence-electron chi connectivity index (χ1n) is 13.5. The lowest BCUT2D eigenvalue weighted by atomic mass is 10.0. The summed E-state index contributed by atoms with van der Waals surface area (Å²) < 4.78 is 10.1. The van der Waals surface area contributed by atoms with Crippen LogP contribution in [-0.4, -0.2) is 55.3 Å². The van der Waals surface area contributed by atoms with Crippen LogP contribution in [0, 0.1) is 25.7 Å². The zero-order chi connectivity index (χ0) is 30.7. The number of amides is 3. The zero-order valence-electron chi connectivity index (χ0n) is 25.2. The molecule has 0 aliphatic rings. The van der Waals surface area contributed by atoms with E-state index in [0.29, 0.717) is 12.1 Å². The van der Waals surface area contributed by atoms with Crippen LogP contribution < -0.4 is 21.3 Å². The molecule has 10 nitrogen and oxygen atoms in total. The molecule has 3 amide bonds. The number of benzene rings is 2. The zero-order valence-corrected chi connectivity index (χ0v) is 25.2. The van der Waals surface area contributed by atoms with E-state index in [1.807, 2.05) is 52.0 Å². The molecule has 4 N–H and O–H groups in total. The van der Waals surface area contributed by atoms with E-state index in [0.717, 1.165) is 28.1 Å². The minimum absolute atomic E-state index is 0.0763. The van der Waals surface area contributed by atoms with Crippen molar-refractivity contribution in [3.05, 3.63) is 58.7 Å². The van der Waals surface area contributed by atoms with Gasteiger partial charge in [0.05, 0.1) is 13.2 Å². The van der Waals surface area contributed by atoms with E-state index in [1.54, 1.807) is 44.7 Å². The maximum atomic E-state index is 12.9. The number of hydrogen-bond acceptors (Lipinski definition) is 6. The highest BCUT2D eigenvalue weighted by molar-refractivity contribution is 6.03. The third-order valence-electron chi connectivity index (χ3n) is 5.62. The van der Waals surface area contributed by atoms with Crippen LogP contribution >= 0.6 is 0 Å². The Morgan fingerprint density at radius 3 is 2.32 bits per heavy atom. The molecular weight excluding hydrogens is 522 g/mol. The van der Waals surface area contributed by atoms with Crippen molar-refractivity contribution in [1.82, 2.24) is 5.32 Å². The van der Waals surface area contributed by atoms with Crippen molar-refractivity contribution >= 4 is 35.3 Å². The summed E-state index contributed by atoms with van der Waals surface area (Å²) in [5.74, 6) is 5.91. The van der Waals surface area contributed by atoms with Gasteiger partial charge in [0.15, 0.2) is 0 Å². The topological polar surface area (TPSA) is 135 Å². The smallest absolute Gasteiger partial charge is 0.436 e. The molecule has 2 aromatic rings. The molecule has 0 saturated heterocycles. The quantitative estimate of drug-likeness (QED) is 0.180. The van der Waals surface area contributed by atoms with E-state index < -0.39 is 17.7 Å². The fourth-order valence-electron chi connectivity index (χ4n) is 3.75. The summed E-state index contributed by atoms with van der Waals surface area (Å²) in [5.41, 5.74) is 10.1. The minimum Gasteiger partial charge on any atom is -0.465 e. The number of aliphatic imine (C=N–C) groups is 1. The number of nitrogens with two attached hydrogens (primary N) is 1. The maximum Gasteiger partial charge on any atom is 0.436 e. The standard InChI is InChI=1S/C31H41N5O5/c1-9-40-27(37)19-34-29(38)36(20(2)3)26-18-21(4)24(17-22(26)5)11-10-16-33-25-14-12-23(13-15-25)28(32)35-30(39)41-31(6,7)8/h12-15,17-18,20,33H,9,16,19H2,1-8H3,(H,34,38)(H2,32,35,39). The lowest BCUT2D eigenvalue weighted by molar-refractivity contribution is -0.141. The summed E-state index contributed by atoms with van der Waals surface area (Å²) >= 11 is 0. The summed E-state index contributed by atoms with van der Waals surface area (Å²) in [6, 6.07) is 10.5. The van der Waals surface area contributed by atoms with Crippen LogP contribution in [0.15, 0.2) is 41.4 Å². The molecule has 2 aromatic carbocycles. The van der Waals surface area contributed by atoms with Crippen molar-refractivity contribution in [2.45, 2.75) is 67.0 Å². The first-order valence-corrected chi connectivity index (χ1v) is 13.5. The Bertz CT molecular complexity index is 1330. The minimum atomic E-state index is -0.736.